The molecule has 2 nitrogen and oxygen atoms in total. The van der Waals surface area contributed by atoms with Crippen LogP contribution in [0.5, 0.6) is 0 Å². The van der Waals surface area contributed by atoms with E-state index < -0.39 is 0 Å². The van der Waals surface area contributed by atoms with Crippen molar-refractivity contribution in [1.29, 1.82) is 0 Å². The average molecular weight is 222 g/mol. The maximum Gasteiger partial charge on any atom is 0.123 e. The molecule has 0 spiro atoms. The molecule has 1 aromatic rings. The third-order valence-corrected chi connectivity index (χ3v) is 2.82. The van der Waals surface area contributed by atoms with E-state index in [1.807, 2.05) is 12.1 Å². The number of hydrogen-bond acceptors (Lipinski definition) is 2. The summed E-state index contributed by atoms with van der Waals surface area (Å²) in [6.07, 6.45) is 3.65. The molecule has 2 N–H and O–H groups in total. The van der Waals surface area contributed by atoms with Crippen molar-refractivity contribution in [2.24, 2.45) is 0 Å². The molecular weight excluding hydrogens is 203 g/mol. The second-order valence-electron chi connectivity index (χ2n) is 4.35. The van der Waals surface area contributed by atoms with E-state index in [0.29, 0.717) is 0 Å². The summed E-state index contributed by atoms with van der Waals surface area (Å²) >= 11 is 0. The Kier molecular flexibility index (Phi) is 4.31. The molecule has 3 heteroatoms. The molecule has 0 aliphatic heterocycles. The molecule has 1 aliphatic carbocycles. The first-order valence-corrected chi connectivity index (χ1v) is 6.03. The van der Waals surface area contributed by atoms with Gasteiger partial charge in [-0.1, -0.05) is 12.1 Å². The zero-order valence-electron chi connectivity index (χ0n) is 9.51. The third-order valence-electron chi connectivity index (χ3n) is 2.82. The normalized spacial score (nSPS) is 15.3. The van der Waals surface area contributed by atoms with E-state index in [2.05, 4.69) is 10.6 Å². The summed E-state index contributed by atoms with van der Waals surface area (Å²) in [6, 6.07) is 7.52. The summed E-state index contributed by atoms with van der Waals surface area (Å²) in [5, 5.41) is 6.83. The molecule has 1 fully saturated rings. The molecule has 1 aliphatic rings. The summed E-state index contributed by atoms with van der Waals surface area (Å²) < 4.78 is 12.6. The van der Waals surface area contributed by atoms with Gasteiger partial charge in [0.25, 0.3) is 0 Å². The lowest BCUT2D eigenvalue weighted by molar-refractivity contribution is 0.607. The third kappa shape index (κ3) is 4.29. The standard InChI is InChI=1S/C13H19FN2/c14-12-3-1-11(2-4-12)7-8-15-9-10-16-13-5-6-13/h1-4,13,15-16H,5-10H2. The number of rotatable bonds is 7. The van der Waals surface area contributed by atoms with Crippen molar-refractivity contribution in [3.05, 3.63) is 35.6 Å². The molecule has 0 radical (unpaired) electrons. The summed E-state index contributed by atoms with van der Waals surface area (Å²) in [5.41, 5.74) is 1.18. The molecule has 0 bridgehead atoms. The maximum atomic E-state index is 12.6. The van der Waals surface area contributed by atoms with E-state index in [0.717, 1.165) is 32.1 Å². The van der Waals surface area contributed by atoms with Crippen LogP contribution in [0.3, 0.4) is 0 Å². The van der Waals surface area contributed by atoms with Gasteiger partial charge < -0.3 is 10.6 Å². The molecule has 0 aromatic heterocycles. The van der Waals surface area contributed by atoms with Crippen LogP contribution in [0, 0.1) is 5.82 Å². The smallest absolute Gasteiger partial charge is 0.123 e. The Morgan fingerprint density at radius 1 is 1.06 bits per heavy atom. The van der Waals surface area contributed by atoms with E-state index in [4.69, 9.17) is 0 Å². The minimum Gasteiger partial charge on any atom is -0.315 e. The Balaban J connectivity index is 1.51. The molecule has 1 saturated carbocycles. The lowest BCUT2D eigenvalue weighted by Crippen LogP contribution is -2.29. The van der Waals surface area contributed by atoms with Gasteiger partial charge >= 0.3 is 0 Å². The first kappa shape index (κ1) is 11.6. The van der Waals surface area contributed by atoms with Crippen molar-refractivity contribution in [3.8, 4) is 0 Å². The van der Waals surface area contributed by atoms with Crippen molar-refractivity contribution in [2.75, 3.05) is 19.6 Å². The summed E-state index contributed by atoms with van der Waals surface area (Å²) in [4.78, 5) is 0. The summed E-state index contributed by atoms with van der Waals surface area (Å²) in [7, 11) is 0. The number of nitrogens with one attached hydrogen (secondary N) is 2. The number of hydrogen-bond donors (Lipinski definition) is 2. The van der Waals surface area contributed by atoms with E-state index in [1.165, 1.54) is 30.5 Å². The lowest BCUT2D eigenvalue weighted by atomic mass is 10.1. The van der Waals surface area contributed by atoms with Crippen molar-refractivity contribution < 1.29 is 4.39 Å². The van der Waals surface area contributed by atoms with Crippen LogP contribution in [0.25, 0.3) is 0 Å². The molecule has 0 heterocycles. The van der Waals surface area contributed by atoms with Gasteiger partial charge in [0.1, 0.15) is 5.82 Å². The minimum atomic E-state index is -0.162. The van der Waals surface area contributed by atoms with Gasteiger partial charge in [-0.2, -0.15) is 0 Å². The van der Waals surface area contributed by atoms with E-state index in [1.54, 1.807) is 0 Å². The van der Waals surface area contributed by atoms with Crippen LogP contribution in [-0.2, 0) is 6.42 Å². The highest BCUT2D eigenvalue weighted by Gasteiger charge is 2.19. The van der Waals surface area contributed by atoms with Gasteiger partial charge in [0, 0.05) is 19.1 Å². The van der Waals surface area contributed by atoms with Crippen molar-refractivity contribution in [2.45, 2.75) is 25.3 Å². The Hall–Kier alpha value is -0.930. The quantitative estimate of drug-likeness (QED) is 0.686. The van der Waals surface area contributed by atoms with Crippen molar-refractivity contribution in [1.82, 2.24) is 10.6 Å². The predicted octanol–water partition coefficient (Wildman–Crippen LogP) is 1.71. The zero-order chi connectivity index (χ0) is 11.2. The first-order chi connectivity index (χ1) is 7.84. The molecule has 2 rings (SSSR count). The van der Waals surface area contributed by atoms with E-state index in [9.17, 15) is 4.39 Å². The van der Waals surface area contributed by atoms with E-state index >= 15 is 0 Å². The molecular formula is C13H19FN2. The summed E-state index contributed by atoms with van der Waals surface area (Å²) in [5.74, 6) is -0.162. The molecule has 0 saturated heterocycles. The highest BCUT2D eigenvalue weighted by Crippen LogP contribution is 2.17. The van der Waals surface area contributed by atoms with Crippen molar-refractivity contribution >= 4 is 0 Å². The highest BCUT2D eigenvalue weighted by molar-refractivity contribution is 5.16. The van der Waals surface area contributed by atoms with Crippen LogP contribution in [0.2, 0.25) is 0 Å². The van der Waals surface area contributed by atoms with Crippen molar-refractivity contribution in [3.63, 3.8) is 0 Å². The lowest BCUT2D eigenvalue weighted by Gasteiger charge is -2.05. The second-order valence-corrected chi connectivity index (χ2v) is 4.35. The molecule has 1 aromatic carbocycles. The Morgan fingerprint density at radius 3 is 2.50 bits per heavy atom. The van der Waals surface area contributed by atoms with Gasteiger partial charge in [-0.15, -0.1) is 0 Å². The first-order valence-electron chi connectivity index (χ1n) is 6.03. The van der Waals surface area contributed by atoms with Gasteiger partial charge in [0.05, 0.1) is 0 Å². The Labute approximate surface area is 96.2 Å². The van der Waals surface area contributed by atoms with Gasteiger partial charge in [-0.3, -0.25) is 0 Å². The van der Waals surface area contributed by atoms with Gasteiger partial charge in [-0.25, -0.2) is 4.39 Å². The minimum absolute atomic E-state index is 0.162. The zero-order valence-corrected chi connectivity index (χ0v) is 9.51. The highest BCUT2D eigenvalue weighted by atomic mass is 19.1. The van der Waals surface area contributed by atoms with Gasteiger partial charge in [0.2, 0.25) is 0 Å². The molecule has 88 valence electrons. The summed E-state index contributed by atoms with van der Waals surface area (Å²) in [6.45, 7) is 3.02. The van der Waals surface area contributed by atoms with Crippen LogP contribution >= 0.6 is 0 Å². The maximum absolute atomic E-state index is 12.6. The Morgan fingerprint density at radius 2 is 1.81 bits per heavy atom. The fraction of sp³-hybridized carbons (Fsp3) is 0.538. The average Bonchev–Trinajstić information content (AvgIpc) is 3.10. The SMILES string of the molecule is Fc1ccc(CCNCCNC2CC2)cc1. The fourth-order valence-electron chi connectivity index (χ4n) is 1.66. The van der Waals surface area contributed by atoms with Crippen LogP contribution < -0.4 is 10.6 Å². The molecule has 16 heavy (non-hydrogen) atoms. The predicted molar refractivity (Wildman–Crippen MR) is 64.0 cm³/mol. The topological polar surface area (TPSA) is 24.1 Å². The van der Waals surface area contributed by atoms with Gasteiger partial charge in [0.15, 0.2) is 0 Å². The molecule has 0 atom stereocenters. The molecule has 0 unspecified atom stereocenters. The fourth-order valence-corrected chi connectivity index (χ4v) is 1.66. The van der Waals surface area contributed by atoms with Crippen LogP contribution in [-0.4, -0.2) is 25.7 Å². The van der Waals surface area contributed by atoms with Crippen LogP contribution in [0.15, 0.2) is 24.3 Å². The van der Waals surface area contributed by atoms with Gasteiger partial charge in [-0.05, 0) is 43.5 Å². The number of halogens is 1. The monoisotopic (exact) mass is 222 g/mol. The molecule has 0 amide bonds. The largest absolute Gasteiger partial charge is 0.315 e. The van der Waals surface area contributed by atoms with E-state index in [-0.39, 0.29) is 5.82 Å². The van der Waals surface area contributed by atoms with Crippen LogP contribution in [0.1, 0.15) is 18.4 Å². The second kappa shape index (κ2) is 5.97. The number of benzene rings is 1. The van der Waals surface area contributed by atoms with Crippen LogP contribution in [0.4, 0.5) is 4.39 Å². The Bertz CT molecular complexity index is 306.